The minimum Gasteiger partial charge on any atom is -0.508 e. The molecule has 8 nitrogen and oxygen atoms in total. The molecule has 4 N–H and O–H groups in total. The normalized spacial score (nSPS) is 19.6. The molecular weight excluding hydrogens is 386 g/mol. The van der Waals surface area contributed by atoms with Gasteiger partial charge in [-0.05, 0) is 24.7 Å². The largest absolute Gasteiger partial charge is 0.508 e. The number of nitrogens with zero attached hydrogens (tertiary/aromatic N) is 1. The fourth-order valence-electron chi connectivity index (χ4n) is 2.71. The van der Waals surface area contributed by atoms with E-state index in [0.29, 0.717) is 17.1 Å². The first-order valence-electron chi connectivity index (χ1n) is 7.36. The van der Waals surface area contributed by atoms with E-state index in [0.717, 1.165) is 21.7 Å². The van der Waals surface area contributed by atoms with Crippen LogP contribution in [0.4, 0.5) is 5.69 Å². The number of nitrogens with one attached hydrogen (secondary N) is 1. The molecule has 0 amide bonds. The lowest BCUT2D eigenvalue weighted by atomic mass is 10.2. The van der Waals surface area contributed by atoms with Gasteiger partial charge in [-0.1, -0.05) is 13.0 Å². The molecule has 0 saturated heterocycles. The summed E-state index contributed by atoms with van der Waals surface area (Å²) in [5, 5.41) is 18.0. The van der Waals surface area contributed by atoms with Crippen LogP contribution in [-0.4, -0.2) is 35.0 Å². The number of likely N-dealkylation sites (N-methyl/N-ethyl adjacent to an activating group) is 1. The minimum atomic E-state index is -4.01. The van der Waals surface area contributed by atoms with E-state index in [1.807, 2.05) is 6.92 Å². The van der Waals surface area contributed by atoms with Crippen LogP contribution < -0.4 is 14.8 Å². The SMILES string of the molecule is CCN[C@@H]1CN(c2cccc(O)c2)S(=O)(=O)c2cc(S(N)(=O)=O)sc21. The lowest BCUT2D eigenvalue weighted by Crippen LogP contribution is -2.43. The molecule has 2 heterocycles. The van der Waals surface area contributed by atoms with Crippen molar-refractivity contribution in [1.29, 1.82) is 0 Å². The second-order valence-electron chi connectivity index (χ2n) is 5.51. The van der Waals surface area contributed by atoms with Gasteiger partial charge in [0.25, 0.3) is 10.0 Å². The van der Waals surface area contributed by atoms with Crippen LogP contribution in [0.25, 0.3) is 0 Å². The van der Waals surface area contributed by atoms with Crippen LogP contribution in [-0.2, 0) is 20.0 Å². The summed E-state index contributed by atoms with van der Waals surface area (Å²) < 4.78 is 50.2. The number of sulfonamides is 2. The highest BCUT2D eigenvalue weighted by Crippen LogP contribution is 2.41. The Bertz CT molecular complexity index is 1010. The Morgan fingerprint density at radius 2 is 2.12 bits per heavy atom. The number of nitrogens with two attached hydrogens (primary N) is 1. The van der Waals surface area contributed by atoms with Gasteiger partial charge in [-0.15, -0.1) is 11.3 Å². The first-order chi connectivity index (χ1) is 11.6. The molecule has 0 unspecified atom stereocenters. The number of rotatable bonds is 4. The average Bonchev–Trinajstić information content (AvgIpc) is 2.97. The first kappa shape index (κ1) is 18.1. The third kappa shape index (κ3) is 3.25. The number of thiophene rings is 1. The zero-order valence-electron chi connectivity index (χ0n) is 13.2. The first-order valence-corrected chi connectivity index (χ1v) is 11.2. The maximum absolute atomic E-state index is 13.0. The van der Waals surface area contributed by atoms with Crippen molar-refractivity contribution in [2.24, 2.45) is 5.14 Å². The maximum Gasteiger partial charge on any atom is 0.265 e. The highest BCUT2D eigenvalue weighted by Gasteiger charge is 2.40. The van der Waals surface area contributed by atoms with Crippen LogP contribution in [0, 0.1) is 0 Å². The van der Waals surface area contributed by atoms with Crippen molar-refractivity contribution in [3.63, 3.8) is 0 Å². The predicted molar refractivity (Wildman–Crippen MR) is 94.7 cm³/mol. The van der Waals surface area contributed by atoms with Gasteiger partial charge in [-0.3, -0.25) is 4.31 Å². The summed E-state index contributed by atoms with van der Waals surface area (Å²) in [6.07, 6.45) is 0. The lowest BCUT2D eigenvalue weighted by Gasteiger charge is -2.33. The fourth-order valence-corrected chi connectivity index (χ4v) is 6.81. The van der Waals surface area contributed by atoms with Gasteiger partial charge >= 0.3 is 0 Å². The van der Waals surface area contributed by atoms with Crippen LogP contribution >= 0.6 is 11.3 Å². The van der Waals surface area contributed by atoms with Gasteiger partial charge in [0.2, 0.25) is 10.0 Å². The van der Waals surface area contributed by atoms with E-state index in [2.05, 4.69) is 5.32 Å². The van der Waals surface area contributed by atoms with Gasteiger partial charge in [0.05, 0.1) is 18.3 Å². The Hall–Kier alpha value is -1.66. The van der Waals surface area contributed by atoms with Crippen molar-refractivity contribution in [1.82, 2.24) is 5.32 Å². The molecule has 0 fully saturated rings. The molecule has 1 aromatic carbocycles. The number of phenolic OH excluding ortho intramolecular Hbond substituents is 1. The van der Waals surface area contributed by atoms with Gasteiger partial charge in [0.15, 0.2) is 0 Å². The minimum absolute atomic E-state index is 0.0611. The Morgan fingerprint density at radius 1 is 1.40 bits per heavy atom. The van der Waals surface area contributed by atoms with Crippen LogP contribution in [0.15, 0.2) is 39.4 Å². The standard InChI is InChI=1S/C14H17N3O5S3/c1-2-16-11-8-17(9-4-3-5-10(18)6-9)25(21,22)12-7-13(23-14(11)12)24(15,19)20/h3-7,11,16,18H,2,8H2,1H3,(H2,15,19,20)/t11-/m1/s1. The molecule has 0 aliphatic carbocycles. The number of hydrogen-bond donors (Lipinski definition) is 3. The summed E-state index contributed by atoms with van der Waals surface area (Å²) in [7, 11) is -7.98. The van der Waals surface area contributed by atoms with E-state index in [9.17, 15) is 21.9 Å². The molecule has 136 valence electrons. The molecule has 1 aromatic heterocycles. The van der Waals surface area contributed by atoms with E-state index < -0.39 is 20.0 Å². The van der Waals surface area contributed by atoms with Crippen molar-refractivity contribution in [3.05, 3.63) is 35.2 Å². The summed E-state index contributed by atoms with van der Waals surface area (Å²) in [6, 6.07) is 6.62. The van der Waals surface area contributed by atoms with Gasteiger partial charge < -0.3 is 10.4 Å². The van der Waals surface area contributed by atoms with Crippen molar-refractivity contribution in [3.8, 4) is 5.75 Å². The lowest BCUT2D eigenvalue weighted by molar-refractivity contribution is 0.475. The maximum atomic E-state index is 13.0. The summed E-state index contributed by atoms with van der Waals surface area (Å²) in [5.74, 6) is -0.0611. The topological polar surface area (TPSA) is 130 Å². The van der Waals surface area contributed by atoms with E-state index >= 15 is 0 Å². The molecule has 0 saturated carbocycles. The van der Waals surface area contributed by atoms with E-state index in [-0.39, 0.29) is 27.4 Å². The summed E-state index contributed by atoms with van der Waals surface area (Å²) >= 11 is 0.862. The van der Waals surface area contributed by atoms with Gasteiger partial charge in [0, 0.05) is 10.9 Å². The summed E-state index contributed by atoms with van der Waals surface area (Å²) in [5.41, 5.74) is 0.303. The summed E-state index contributed by atoms with van der Waals surface area (Å²) in [6.45, 7) is 2.52. The van der Waals surface area contributed by atoms with Crippen molar-refractivity contribution in [2.75, 3.05) is 17.4 Å². The van der Waals surface area contributed by atoms with Crippen LogP contribution in [0.2, 0.25) is 0 Å². The molecule has 3 rings (SSSR count). The molecule has 1 aliphatic rings. The molecule has 0 radical (unpaired) electrons. The zero-order valence-corrected chi connectivity index (χ0v) is 15.7. The third-order valence-corrected chi connectivity index (χ3v) is 8.42. The number of hydrogen-bond acceptors (Lipinski definition) is 7. The Labute approximate surface area is 150 Å². The quantitative estimate of drug-likeness (QED) is 0.697. The van der Waals surface area contributed by atoms with Crippen molar-refractivity contribution in [2.45, 2.75) is 22.1 Å². The Morgan fingerprint density at radius 3 is 2.72 bits per heavy atom. The Balaban J connectivity index is 2.19. The number of anilines is 1. The second kappa shape index (κ2) is 6.25. The number of phenols is 1. The molecular formula is C14H17N3O5S3. The van der Waals surface area contributed by atoms with Crippen LogP contribution in [0.5, 0.6) is 5.75 Å². The van der Waals surface area contributed by atoms with Gasteiger partial charge in [-0.25, -0.2) is 22.0 Å². The van der Waals surface area contributed by atoms with Crippen LogP contribution in [0.1, 0.15) is 17.8 Å². The highest BCUT2D eigenvalue weighted by molar-refractivity contribution is 7.93. The number of fused-ring (bicyclic) bond motifs is 1. The molecule has 2 aromatic rings. The van der Waals surface area contributed by atoms with Gasteiger partial charge in [-0.2, -0.15) is 0 Å². The van der Waals surface area contributed by atoms with Gasteiger partial charge in [0.1, 0.15) is 14.9 Å². The smallest absolute Gasteiger partial charge is 0.265 e. The molecule has 1 aliphatic heterocycles. The molecule has 0 spiro atoms. The number of primary sulfonamides is 1. The molecule has 25 heavy (non-hydrogen) atoms. The van der Waals surface area contributed by atoms with Crippen molar-refractivity contribution >= 4 is 37.1 Å². The highest BCUT2D eigenvalue weighted by atomic mass is 32.2. The van der Waals surface area contributed by atoms with E-state index in [1.165, 1.54) is 12.1 Å². The van der Waals surface area contributed by atoms with E-state index in [4.69, 9.17) is 5.14 Å². The van der Waals surface area contributed by atoms with Crippen LogP contribution in [0.3, 0.4) is 0 Å². The number of benzene rings is 1. The summed E-state index contributed by atoms with van der Waals surface area (Å²) in [4.78, 5) is 0.337. The monoisotopic (exact) mass is 403 g/mol. The van der Waals surface area contributed by atoms with Crippen molar-refractivity contribution < 1.29 is 21.9 Å². The second-order valence-corrected chi connectivity index (χ2v) is 10.2. The molecule has 1 atom stereocenters. The fraction of sp³-hybridized carbons (Fsp3) is 0.286. The Kier molecular flexibility index (Phi) is 4.54. The van der Waals surface area contributed by atoms with E-state index in [1.54, 1.807) is 12.1 Å². The average molecular weight is 404 g/mol. The zero-order chi connectivity index (χ0) is 18.4. The predicted octanol–water partition coefficient (Wildman–Crippen LogP) is 0.961. The molecule has 0 bridgehead atoms. The number of aromatic hydroxyl groups is 1. The molecule has 11 heteroatoms. The third-order valence-electron chi connectivity index (χ3n) is 3.78.